The summed E-state index contributed by atoms with van der Waals surface area (Å²) in [5.74, 6) is 0.451. The number of carbonyl (C=O) groups is 4. The van der Waals surface area contributed by atoms with E-state index in [0.717, 1.165) is 33.6 Å². The van der Waals surface area contributed by atoms with E-state index in [9.17, 15) is 19.2 Å². The molecule has 0 spiro atoms. The summed E-state index contributed by atoms with van der Waals surface area (Å²) in [5.41, 5.74) is 5.47. The molecule has 4 atom stereocenters. The molecule has 2 heterocycles. The van der Waals surface area contributed by atoms with Gasteiger partial charge in [-0.3, -0.25) is 9.59 Å². The number of aromatic amines is 2. The Morgan fingerprint density at radius 2 is 0.893 bits per heavy atom. The van der Waals surface area contributed by atoms with E-state index >= 15 is 0 Å². The highest BCUT2D eigenvalue weighted by atomic mass is 16.5. The fourth-order valence-electron chi connectivity index (χ4n) is 5.99. The first-order valence-corrected chi connectivity index (χ1v) is 18.5. The first-order valence-electron chi connectivity index (χ1n) is 18.5. The summed E-state index contributed by atoms with van der Waals surface area (Å²) < 4.78 is 19.6. The summed E-state index contributed by atoms with van der Waals surface area (Å²) in [4.78, 5) is 66.0. The molecule has 0 aliphatic heterocycles. The molecule has 0 saturated heterocycles. The van der Waals surface area contributed by atoms with Crippen LogP contribution in [0.2, 0.25) is 0 Å². The predicted octanol–water partition coefficient (Wildman–Crippen LogP) is 5.28. The SMILES string of the molecule is COCC[C@H](NC(=O)OC)C(=O)N[C@H](c1ncc(-c2ccc(-c3ccc(-c4cnc([C@@H](NC(=O)[C@H](CCOC)NC(=O)OC)C(C)C)[nH]4)cc3)cc2)[nH]1)C(C)C. The third-order valence-electron chi connectivity index (χ3n) is 9.24. The quantitative estimate of drug-likeness (QED) is 0.0726. The zero-order valence-corrected chi connectivity index (χ0v) is 33.2. The van der Waals surface area contributed by atoms with Crippen LogP contribution in [0, 0.1) is 11.8 Å². The molecule has 0 bridgehead atoms. The van der Waals surface area contributed by atoms with Gasteiger partial charge in [0.05, 0.1) is 50.1 Å². The van der Waals surface area contributed by atoms with Crippen LogP contribution in [-0.4, -0.2) is 97.7 Å². The number of H-pyrrole nitrogens is 2. The second kappa shape index (κ2) is 20.8. The number of imidazole rings is 2. The van der Waals surface area contributed by atoms with Gasteiger partial charge in [-0.1, -0.05) is 76.2 Å². The lowest BCUT2D eigenvalue weighted by Crippen LogP contribution is -2.49. The van der Waals surface area contributed by atoms with Gasteiger partial charge in [0.2, 0.25) is 11.8 Å². The van der Waals surface area contributed by atoms with E-state index < -0.39 is 36.4 Å². The lowest BCUT2D eigenvalue weighted by Gasteiger charge is -2.24. The van der Waals surface area contributed by atoms with Crippen molar-refractivity contribution in [2.45, 2.75) is 64.7 Å². The normalized spacial score (nSPS) is 13.4. The third kappa shape index (κ3) is 11.6. The maximum atomic E-state index is 13.2. The van der Waals surface area contributed by atoms with Gasteiger partial charge in [-0.05, 0) is 34.1 Å². The fraction of sp³-hybridized carbons (Fsp3) is 0.450. The highest BCUT2D eigenvalue weighted by Crippen LogP contribution is 2.29. The number of amides is 4. The maximum absolute atomic E-state index is 13.2. The fourth-order valence-corrected chi connectivity index (χ4v) is 5.99. The number of hydrogen-bond acceptors (Lipinski definition) is 10. The molecule has 0 aliphatic rings. The molecule has 0 unspecified atom stereocenters. The molecule has 0 radical (unpaired) electrons. The van der Waals surface area contributed by atoms with Crippen molar-refractivity contribution < 1.29 is 38.1 Å². The standard InChI is InChI=1S/C40H54N8O8/c1-23(2)33(47-37(49)29(17-19-53-5)45-39(51)55-7)35-41-21-31(43-35)27-13-9-25(10-14-27)26-11-15-28(16-12-26)32-22-42-36(44-32)34(24(3)4)48-38(50)30(18-20-54-6)46-40(52)56-8/h9-16,21-24,29-30,33-34H,17-20H2,1-8H3,(H,41,43)(H,42,44)(H,45,51)(H,46,52)(H,47,49)(H,48,50)/t29-,30-,33-,34-/m0/s1. The minimum atomic E-state index is -0.836. The summed E-state index contributed by atoms with van der Waals surface area (Å²) in [6.07, 6.45) is 2.64. The molecule has 302 valence electrons. The first-order chi connectivity index (χ1) is 26.9. The van der Waals surface area contributed by atoms with Crippen LogP contribution in [0.4, 0.5) is 9.59 Å². The van der Waals surface area contributed by atoms with Gasteiger partial charge >= 0.3 is 12.2 Å². The molecule has 2 aromatic heterocycles. The molecule has 56 heavy (non-hydrogen) atoms. The van der Waals surface area contributed by atoms with Crippen LogP contribution in [-0.2, 0) is 28.5 Å². The van der Waals surface area contributed by atoms with Gasteiger partial charge in [0, 0.05) is 40.3 Å². The van der Waals surface area contributed by atoms with Gasteiger partial charge in [0.1, 0.15) is 23.7 Å². The van der Waals surface area contributed by atoms with Crippen molar-refractivity contribution in [1.82, 2.24) is 41.2 Å². The molecule has 4 rings (SSSR count). The van der Waals surface area contributed by atoms with Crippen LogP contribution < -0.4 is 21.3 Å². The Hall–Kier alpha value is -5.74. The van der Waals surface area contributed by atoms with Crippen molar-refractivity contribution in [1.29, 1.82) is 0 Å². The number of benzene rings is 2. The van der Waals surface area contributed by atoms with Crippen LogP contribution in [0.3, 0.4) is 0 Å². The van der Waals surface area contributed by atoms with E-state index in [4.69, 9.17) is 18.9 Å². The molecule has 6 N–H and O–H groups in total. The number of carbonyl (C=O) groups excluding carboxylic acids is 4. The molecule has 16 heteroatoms. The Labute approximate surface area is 327 Å². The van der Waals surface area contributed by atoms with Crippen molar-refractivity contribution in [3.05, 3.63) is 72.6 Å². The molecule has 0 saturated carbocycles. The summed E-state index contributed by atoms with van der Waals surface area (Å²) in [5, 5.41) is 11.2. The molecular weight excluding hydrogens is 720 g/mol. The van der Waals surface area contributed by atoms with Crippen molar-refractivity contribution in [3.63, 3.8) is 0 Å². The monoisotopic (exact) mass is 774 g/mol. The van der Waals surface area contributed by atoms with E-state index in [1.165, 1.54) is 28.4 Å². The Bertz CT molecular complexity index is 1740. The molecule has 4 amide bonds. The zero-order valence-electron chi connectivity index (χ0n) is 33.2. The smallest absolute Gasteiger partial charge is 0.407 e. The van der Waals surface area contributed by atoms with Crippen molar-refractivity contribution in [2.75, 3.05) is 41.7 Å². The number of rotatable bonds is 19. The number of alkyl carbamates (subject to hydrolysis) is 2. The third-order valence-corrected chi connectivity index (χ3v) is 9.24. The minimum absolute atomic E-state index is 0.00353. The van der Waals surface area contributed by atoms with Gasteiger partial charge < -0.3 is 50.2 Å². The number of ether oxygens (including phenoxy) is 4. The van der Waals surface area contributed by atoms with Crippen molar-refractivity contribution >= 4 is 24.0 Å². The zero-order chi connectivity index (χ0) is 40.8. The largest absolute Gasteiger partial charge is 0.453 e. The highest BCUT2D eigenvalue weighted by molar-refractivity contribution is 5.86. The number of nitrogens with zero attached hydrogens (tertiary/aromatic N) is 2. The summed E-state index contributed by atoms with van der Waals surface area (Å²) in [6.45, 7) is 8.48. The van der Waals surface area contributed by atoms with Crippen LogP contribution in [0.5, 0.6) is 0 Å². The van der Waals surface area contributed by atoms with E-state index in [-0.39, 0.29) is 49.7 Å². The second-order valence-electron chi connectivity index (χ2n) is 13.9. The van der Waals surface area contributed by atoms with E-state index in [1.807, 2.05) is 76.2 Å². The molecule has 0 fully saturated rings. The van der Waals surface area contributed by atoms with Gasteiger partial charge in [-0.15, -0.1) is 0 Å². The summed E-state index contributed by atoms with van der Waals surface area (Å²) >= 11 is 0. The first kappa shape index (κ1) is 43.0. The lowest BCUT2D eigenvalue weighted by molar-refractivity contribution is -0.125. The van der Waals surface area contributed by atoms with Crippen LogP contribution in [0.25, 0.3) is 33.6 Å². The lowest BCUT2D eigenvalue weighted by atomic mass is 10.0. The molecule has 0 aliphatic carbocycles. The topological polar surface area (TPSA) is 211 Å². The Balaban J connectivity index is 1.43. The number of methoxy groups -OCH3 is 4. The van der Waals surface area contributed by atoms with Crippen LogP contribution in [0.1, 0.15) is 64.3 Å². The summed E-state index contributed by atoms with van der Waals surface area (Å²) in [6, 6.07) is 13.6. The molecule has 4 aromatic rings. The number of hydrogen-bond donors (Lipinski definition) is 6. The minimum Gasteiger partial charge on any atom is -0.453 e. The Morgan fingerprint density at radius 1 is 0.554 bits per heavy atom. The van der Waals surface area contributed by atoms with Crippen LogP contribution >= 0.6 is 0 Å². The summed E-state index contributed by atoms with van der Waals surface area (Å²) in [7, 11) is 5.55. The Morgan fingerprint density at radius 3 is 1.20 bits per heavy atom. The van der Waals surface area contributed by atoms with Crippen molar-refractivity contribution in [2.24, 2.45) is 11.8 Å². The second-order valence-corrected chi connectivity index (χ2v) is 13.9. The van der Waals surface area contributed by atoms with Gasteiger partial charge in [-0.2, -0.15) is 0 Å². The number of aromatic nitrogens is 4. The molecule has 2 aromatic carbocycles. The van der Waals surface area contributed by atoms with Crippen LogP contribution in [0.15, 0.2) is 60.9 Å². The average Bonchev–Trinajstić information content (AvgIpc) is 3.90. The van der Waals surface area contributed by atoms with Crippen molar-refractivity contribution in [3.8, 4) is 33.6 Å². The van der Waals surface area contributed by atoms with Gasteiger partial charge in [0.25, 0.3) is 0 Å². The average molecular weight is 775 g/mol. The van der Waals surface area contributed by atoms with E-state index in [0.29, 0.717) is 11.6 Å². The van der Waals surface area contributed by atoms with E-state index in [1.54, 1.807) is 12.4 Å². The maximum Gasteiger partial charge on any atom is 0.407 e. The van der Waals surface area contributed by atoms with Gasteiger partial charge in [-0.25, -0.2) is 19.6 Å². The molecule has 16 nitrogen and oxygen atoms in total. The van der Waals surface area contributed by atoms with Gasteiger partial charge in [0.15, 0.2) is 0 Å². The van der Waals surface area contributed by atoms with E-state index in [2.05, 4.69) is 41.2 Å². The Kier molecular flexibility index (Phi) is 16.0. The predicted molar refractivity (Wildman–Crippen MR) is 210 cm³/mol. The highest BCUT2D eigenvalue weighted by Gasteiger charge is 2.29. The number of nitrogens with one attached hydrogen (secondary N) is 6. The molecular formula is C40H54N8O8.